The number of nitrogens with two attached hydrogens (primary N) is 2. The molecule has 0 heterocycles. The lowest BCUT2D eigenvalue weighted by Crippen LogP contribution is -2.15. The summed E-state index contributed by atoms with van der Waals surface area (Å²) in [5.74, 6) is 0. The minimum atomic E-state index is -4.05. The molecule has 1 unspecified atom stereocenters. The van der Waals surface area contributed by atoms with Crippen molar-refractivity contribution in [2.75, 3.05) is 6.79 Å². The predicted molar refractivity (Wildman–Crippen MR) is 30.6 cm³/mol. The number of hydrogen-bond acceptors (Lipinski definition) is 4. The maximum Gasteiger partial charge on any atom is 0.406 e. The van der Waals surface area contributed by atoms with Gasteiger partial charge in [0.1, 0.15) is 0 Å². The highest BCUT2D eigenvalue weighted by Gasteiger charge is 2.10. The van der Waals surface area contributed by atoms with E-state index in [1.165, 1.54) is 0 Å². The maximum atomic E-state index is 10.1. The Labute approximate surface area is 56.5 Å². The summed E-state index contributed by atoms with van der Waals surface area (Å²) in [6, 6.07) is 0. The smallest absolute Gasteiger partial charge is 0.406 e. The minimum absolute atomic E-state index is 0.723. The van der Waals surface area contributed by atoms with Crippen LogP contribution in [0.5, 0.6) is 0 Å². The highest BCUT2D eigenvalue weighted by molar-refractivity contribution is 7.50. The first-order valence-corrected chi connectivity index (χ1v) is 3.74. The van der Waals surface area contributed by atoms with Gasteiger partial charge in [-0.3, -0.25) is 4.52 Å². The highest BCUT2D eigenvalue weighted by Crippen LogP contribution is 2.30. The van der Waals surface area contributed by atoms with Crippen LogP contribution in [0.25, 0.3) is 0 Å². The number of carbonyl (C=O) groups is 1. The Kier molecular flexibility index (Phi) is 3.31. The molecule has 7 nitrogen and oxygen atoms in total. The number of hydrogen-bond donors (Lipinski definition) is 3. The SMILES string of the molecule is NC(=O)OCOP(N)(=O)O. The van der Waals surface area contributed by atoms with Crippen molar-refractivity contribution in [3.8, 4) is 0 Å². The molecule has 0 fully saturated rings. The first-order valence-electron chi connectivity index (χ1n) is 2.10. The van der Waals surface area contributed by atoms with Gasteiger partial charge in [-0.25, -0.2) is 14.9 Å². The number of amides is 1. The summed E-state index contributed by atoms with van der Waals surface area (Å²) in [7, 11) is -4.05. The molecule has 0 aromatic rings. The molecule has 0 aliphatic carbocycles. The summed E-state index contributed by atoms with van der Waals surface area (Å²) in [6.07, 6.45) is -1.10. The lowest BCUT2D eigenvalue weighted by Gasteiger charge is -2.04. The number of rotatable bonds is 3. The first kappa shape index (κ1) is 9.38. The van der Waals surface area contributed by atoms with Gasteiger partial charge >= 0.3 is 13.8 Å². The fourth-order valence-corrected chi connectivity index (χ4v) is 0.364. The van der Waals surface area contributed by atoms with Gasteiger partial charge in [0, 0.05) is 0 Å². The normalized spacial score (nSPS) is 15.8. The summed E-state index contributed by atoms with van der Waals surface area (Å²) in [4.78, 5) is 18.0. The third-order valence-electron chi connectivity index (χ3n) is 0.439. The van der Waals surface area contributed by atoms with Crippen LogP contribution >= 0.6 is 7.75 Å². The average molecular weight is 170 g/mol. The Morgan fingerprint density at radius 3 is 2.50 bits per heavy atom. The van der Waals surface area contributed by atoms with Gasteiger partial charge in [0.25, 0.3) is 0 Å². The van der Waals surface area contributed by atoms with E-state index in [1.54, 1.807) is 0 Å². The summed E-state index contributed by atoms with van der Waals surface area (Å²) in [5.41, 5.74) is 8.95. The molecule has 10 heavy (non-hydrogen) atoms. The fraction of sp³-hybridized carbons (Fsp3) is 0.500. The average Bonchev–Trinajstić information content (AvgIpc) is 1.59. The lowest BCUT2D eigenvalue weighted by molar-refractivity contribution is 0.0586. The van der Waals surface area contributed by atoms with Crippen LogP contribution < -0.4 is 11.2 Å². The van der Waals surface area contributed by atoms with Gasteiger partial charge in [0.2, 0.25) is 6.79 Å². The van der Waals surface area contributed by atoms with E-state index in [4.69, 9.17) is 4.89 Å². The van der Waals surface area contributed by atoms with E-state index in [2.05, 4.69) is 20.5 Å². The molecule has 0 bridgehead atoms. The Bertz CT molecular complexity index is 163. The van der Waals surface area contributed by atoms with Crippen LogP contribution in [0.2, 0.25) is 0 Å². The van der Waals surface area contributed by atoms with Gasteiger partial charge in [0.05, 0.1) is 0 Å². The third-order valence-corrected chi connectivity index (χ3v) is 0.914. The first-order chi connectivity index (χ1) is 4.42. The van der Waals surface area contributed by atoms with E-state index >= 15 is 0 Å². The van der Waals surface area contributed by atoms with Gasteiger partial charge in [-0.15, -0.1) is 0 Å². The molecular formula is C2H7N2O5P. The van der Waals surface area contributed by atoms with Crippen LogP contribution in [-0.4, -0.2) is 17.8 Å². The second kappa shape index (κ2) is 3.52. The van der Waals surface area contributed by atoms with Crippen molar-refractivity contribution in [1.82, 2.24) is 0 Å². The number of primary amides is 1. The van der Waals surface area contributed by atoms with Crippen LogP contribution in [0.15, 0.2) is 0 Å². The highest BCUT2D eigenvalue weighted by atomic mass is 31.2. The standard InChI is InChI=1S/C2H7N2O5P/c3-2(5)8-1-9-10(4,6)7/h1H2,(H2,3,5)(H3,4,6,7). The molecule has 0 saturated heterocycles. The zero-order chi connectivity index (χ0) is 8.20. The van der Waals surface area contributed by atoms with E-state index < -0.39 is 20.6 Å². The van der Waals surface area contributed by atoms with Crippen molar-refractivity contribution in [3.63, 3.8) is 0 Å². The van der Waals surface area contributed by atoms with Gasteiger partial charge in [-0.2, -0.15) is 0 Å². The van der Waals surface area contributed by atoms with E-state index in [0.29, 0.717) is 0 Å². The van der Waals surface area contributed by atoms with E-state index in [0.717, 1.165) is 0 Å². The van der Waals surface area contributed by atoms with Crippen molar-refractivity contribution in [2.45, 2.75) is 0 Å². The molecule has 0 spiro atoms. The Morgan fingerprint density at radius 1 is 1.70 bits per heavy atom. The molecule has 5 N–H and O–H groups in total. The molecule has 0 radical (unpaired) electrons. The van der Waals surface area contributed by atoms with Crippen molar-refractivity contribution in [2.24, 2.45) is 11.2 Å². The van der Waals surface area contributed by atoms with Crippen LogP contribution in [0, 0.1) is 0 Å². The quantitative estimate of drug-likeness (QED) is 0.372. The molecule has 0 aliphatic heterocycles. The van der Waals surface area contributed by atoms with Gasteiger partial charge in [0.15, 0.2) is 0 Å². The number of ether oxygens (including phenoxy) is 1. The second-order valence-corrected chi connectivity index (χ2v) is 2.66. The topological polar surface area (TPSA) is 125 Å². The fourth-order valence-electron chi connectivity index (χ4n) is 0.160. The minimum Gasteiger partial charge on any atom is -0.422 e. The summed E-state index contributed by atoms with van der Waals surface area (Å²) >= 11 is 0. The van der Waals surface area contributed by atoms with Gasteiger partial charge < -0.3 is 15.4 Å². The molecule has 60 valence electrons. The Morgan fingerprint density at radius 2 is 2.20 bits per heavy atom. The molecule has 8 heteroatoms. The molecule has 0 saturated carbocycles. The molecule has 1 atom stereocenters. The summed E-state index contributed by atoms with van der Waals surface area (Å²) < 4.78 is 17.9. The van der Waals surface area contributed by atoms with E-state index in [9.17, 15) is 9.36 Å². The zero-order valence-electron chi connectivity index (χ0n) is 4.89. The van der Waals surface area contributed by atoms with Crippen LogP contribution in [0.3, 0.4) is 0 Å². The van der Waals surface area contributed by atoms with Crippen molar-refractivity contribution >= 4 is 13.8 Å². The zero-order valence-corrected chi connectivity index (χ0v) is 5.78. The maximum absolute atomic E-state index is 10.1. The third kappa shape index (κ3) is 7.38. The molecule has 0 aliphatic rings. The van der Waals surface area contributed by atoms with Gasteiger partial charge in [-0.1, -0.05) is 0 Å². The Balaban J connectivity index is 3.39. The van der Waals surface area contributed by atoms with Crippen LogP contribution in [0.4, 0.5) is 4.79 Å². The molecule has 0 rings (SSSR count). The molecule has 0 aromatic heterocycles. The van der Waals surface area contributed by atoms with Crippen LogP contribution in [-0.2, 0) is 13.8 Å². The van der Waals surface area contributed by atoms with Crippen molar-refractivity contribution in [3.05, 3.63) is 0 Å². The van der Waals surface area contributed by atoms with Crippen LogP contribution in [0.1, 0.15) is 0 Å². The van der Waals surface area contributed by atoms with Crippen molar-refractivity contribution in [1.29, 1.82) is 0 Å². The monoisotopic (exact) mass is 170 g/mol. The predicted octanol–water partition coefficient (Wildman–Crippen LogP) is -0.885. The Hall–Kier alpha value is -0.620. The summed E-state index contributed by atoms with van der Waals surface area (Å²) in [5, 5.41) is 0. The lowest BCUT2D eigenvalue weighted by atomic mass is 11.2. The largest absolute Gasteiger partial charge is 0.422 e. The number of carbonyl (C=O) groups excluding carboxylic acids is 1. The van der Waals surface area contributed by atoms with E-state index in [-0.39, 0.29) is 0 Å². The second-order valence-electron chi connectivity index (χ2n) is 1.27. The molecule has 0 aromatic carbocycles. The van der Waals surface area contributed by atoms with Gasteiger partial charge in [-0.05, 0) is 0 Å². The van der Waals surface area contributed by atoms with E-state index in [1.807, 2.05) is 0 Å². The molecule has 1 amide bonds. The van der Waals surface area contributed by atoms with Crippen molar-refractivity contribution < 1.29 is 23.5 Å². The summed E-state index contributed by atoms with van der Waals surface area (Å²) in [6.45, 7) is -0.723. The molecular weight excluding hydrogens is 163 g/mol.